The van der Waals surface area contributed by atoms with Crippen LogP contribution in [0, 0.1) is 0 Å². The van der Waals surface area contributed by atoms with E-state index in [1.807, 2.05) is 42.5 Å². The number of hydrogen-bond donors (Lipinski definition) is 4. The first-order valence-corrected chi connectivity index (χ1v) is 9.94. The summed E-state index contributed by atoms with van der Waals surface area (Å²) in [6, 6.07) is 16.4. The van der Waals surface area contributed by atoms with Crippen LogP contribution in [0.4, 0.5) is 0 Å². The normalized spacial score (nSPS) is 12.5. The standard InChI is InChI=1S/C20H14N4.H2O4S/c1-2-14-10-16-5-6-18(23-16)12-20-8-7-19(24-20)11-17-4-3-15(22-17)9-13(1)21-14;1-5(2,3)4/h1-12,21-22H;(H2,1,2,3,4). The molecule has 0 unspecified atom stereocenters. The summed E-state index contributed by atoms with van der Waals surface area (Å²) in [5.41, 5.74) is 7.86. The van der Waals surface area contributed by atoms with Crippen LogP contribution in [0.1, 0.15) is 22.8 Å². The van der Waals surface area contributed by atoms with E-state index in [4.69, 9.17) is 17.5 Å². The largest absolute Gasteiger partial charge is 0.394 e. The Balaban J connectivity index is 0.000000369. The van der Waals surface area contributed by atoms with Crippen molar-refractivity contribution in [3.05, 3.63) is 71.3 Å². The van der Waals surface area contributed by atoms with E-state index in [9.17, 15) is 0 Å². The lowest BCUT2D eigenvalue weighted by atomic mass is 10.3. The van der Waals surface area contributed by atoms with E-state index in [0.717, 1.165) is 44.8 Å². The van der Waals surface area contributed by atoms with Crippen molar-refractivity contribution in [3.63, 3.8) is 0 Å². The zero-order chi connectivity index (χ0) is 20.4. The Labute approximate surface area is 165 Å². The third-order valence-corrected chi connectivity index (χ3v) is 4.04. The van der Waals surface area contributed by atoms with Gasteiger partial charge in [0, 0.05) is 22.1 Å². The molecule has 0 aromatic carbocycles. The highest BCUT2D eigenvalue weighted by Crippen LogP contribution is 2.17. The lowest BCUT2D eigenvalue weighted by molar-refractivity contribution is 0.381. The number of H-pyrrole nitrogens is 2. The van der Waals surface area contributed by atoms with Gasteiger partial charge >= 0.3 is 10.4 Å². The van der Waals surface area contributed by atoms with Gasteiger partial charge in [0.15, 0.2) is 0 Å². The molecule has 2 aliphatic heterocycles. The van der Waals surface area contributed by atoms with Gasteiger partial charge in [-0.2, -0.15) is 8.42 Å². The van der Waals surface area contributed by atoms with E-state index in [0.29, 0.717) is 0 Å². The average Bonchev–Trinajstić information content (AvgIpc) is 3.38. The number of aromatic nitrogens is 4. The number of hydrogen-bond acceptors (Lipinski definition) is 4. The lowest BCUT2D eigenvalue weighted by Gasteiger charge is -1.86. The van der Waals surface area contributed by atoms with Crippen molar-refractivity contribution < 1.29 is 17.5 Å². The molecule has 0 radical (unpaired) electrons. The van der Waals surface area contributed by atoms with Crippen molar-refractivity contribution in [2.45, 2.75) is 0 Å². The van der Waals surface area contributed by atoms with Gasteiger partial charge < -0.3 is 9.97 Å². The van der Waals surface area contributed by atoms with Gasteiger partial charge in [0.05, 0.1) is 22.8 Å². The molecule has 0 amide bonds. The highest BCUT2D eigenvalue weighted by Gasteiger charge is 2.02. The van der Waals surface area contributed by atoms with Gasteiger partial charge in [-0.15, -0.1) is 0 Å². The Morgan fingerprint density at radius 2 is 0.897 bits per heavy atom. The molecule has 2 aliphatic rings. The van der Waals surface area contributed by atoms with Crippen LogP contribution >= 0.6 is 0 Å². The maximum atomic E-state index is 8.74. The van der Waals surface area contributed by atoms with Gasteiger partial charge in [-0.1, -0.05) is 0 Å². The summed E-state index contributed by atoms with van der Waals surface area (Å²) in [4.78, 5) is 16.0. The molecule has 3 aromatic rings. The molecule has 8 bridgehead atoms. The molecule has 5 heterocycles. The fraction of sp³-hybridized carbons (Fsp3) is 0. The molecule has 0 saturated carbocycles. The third kappa shape index (κ3) is 5.26. The van der Waals surface area contributed by atoms with E-state index < -0.39 is 10.4 Å². The van der Waals surface area contributed by atoms with Crippen molar-refractivity contribution in [2.75, 3.05) is 0 Å². The predicted molar refractivity (Wildman–Crippen MR) is 113 cm³/mol. The second kappa shape index (κ2) is 7.47. The first-order valence-electron chi connectivity index (χ1n) is 8.55. The minimum Gasteiger partial charge on any atom is -0.355 e. The Morgan fingerprint density at radius 1 is 0.586 bits per heavy atom. The van der Waals surface area contributed by atoms with E-state index in [2.05, 4.69) is 50.3 Å². The van der Waals surface area contributed by atoms with Crippen molar-refractivity contribution in [1.82, 2.24) is 19.9 Å². The molecule has 5 rings (SSSR count). The van der Waals surface area contributed by atoms with E-state index in [1.54, 1.807) is 0 Å². The van der Waals surface area contributed by atoms with Crippen LogP contribution in [-0.4, -0.2) is 37.5 Å². The molecule has 29 heavy (non-hydrogen) atoms. The molecule has 8 nitrogen and oxygen atoms in total. The average molecular weight is 408 g/mol. The summed E-state index contributed by atoms with van der Waals surface area (Å²) in [6.07, 6.45) is 8.05. The molecule has 0 fully saturated rings. The number of aromatic amines is 2. The van der Waals surface area contributed by atoms with Gasteiger partial charge in [0.25, 0.3) is 0 Å². The van der Waals surface area contributed by atoms with Crippen LogP contribution in [0.2, 0.25) is 0 Å². The summed E-state index contributed by atoms with van der Waals surface area (Å²) in [5, 5.41) is 0. The molecule has 0 spiro atoms. The van der Waals surface area contributed by atoms with Gasteiger partial charge in [0.1, 0.15) is 0 Å². The molecular weight excluding hydrogens is 392 g/mol. The van der Waals surface area contributed by atoms with Gasteiger partial charge in [-0.05, 0) is 72.8 Å². The predicted octanol–water partition coefficient (Wildman–Crippen LogP) is 4.00. The smallest absolute Gasteiger partial charge is 0.355 e. The topological polar surface area (TPSA) is 132 Å². The first kappa shape index (κ1) is 18.8. The number of fused-ring (bicyclic) bond motifs is 8. The highest BCUT2D eigenvalue weighted by atomic mass is 32.3. The summed E-state index contributed by atoms with van der Waals surface area (Å²) in [7, 11) is -4.67. The molecule has 0 aliphatic carbocycles. The number of nitrogens with zero attached hydrogens (tertiary/aromatic N) is 2. The number of nitrogens with one attached hydrogen (secondary N) is 2. The van der Waals surface area contributed by atoms with Crippen molar-refractivity contribution >= 4 is 56.8 Å². The van der Waals surface area contributed by atoms with E-state index in [-0.39, 0.29) is 0 Å². The molecular formula is C20H16N4O4S. The maximum absolute atomic E-state index is 8.74. The van der Waals surface area contributed by atoms with Crippen LogP contribution in [0.3, 0.4) is 0 Å². The molecule has 4 N–H and O–H groups in total. The molecule has 3 aromatic heterocycles. The van der Waals surface area contributed by atoms with Crippen LogP contribution in [0.5, 0.6) is 0 Å². The summed E-state index contributed by atoms with van der Waals surface area (Å²) < 4.78 is 31.6. The van der Waals surface area contributed by atoms with E-state index in [1.165, 1.54) is 0 Å². The van der Waals surface area contributed by atoms with Crippen LogP contribution in [-0.2, 0) is 10.4 Å². The Kier molecular flexibility index (Phi) is 4.85. The Hall–Kier alpha value is -3.53. The zero-order valence-electron chi connectivity index (χ0n) is 14.9. The van der Waals surface area contributed by atoms with Crippen molar-refractivity contribution in [2.24, 2.45) is 0 Å². The van der Waals surface area contributed by atoms with Crippen molar-refractivity contribution in [1.29, 1.82) is 0 Å². The number of rotatable bonds is 0. The summed E-state index contributed by atoms with van der Waals surface area (Å²) in [6.45, 7) is 0. The quantitative estimate of drug-likeness (QED) is 0.286. The zero-order valence-corrected chi connectivity index (χ0v) is 15.8. The van der Waals surface area contributed by atoms with Gasteiger partial charge in [-0.25, -0.2) is 9.97 Å². The fourth-order valence-corrected chi connectivity index (χ4v) is 2.94. The SMILES string of the molecule is C1=Cc2cc3ccc(cc4ccc(cc5nc(cc1n2)C=C5)[nH]4)[nH]3.O=S(=O)(O)O. The fourth-order valence-electron chi connectivity index (χ4n) is 2.94. The summed E-state index contributed by atoms with van der Waals surface area (Å²) in [5.74, 6) is 0. The highest BCUT2D eigenvalue weighted by molar-refractivity contribution is 7.79. The second-order valence-electron chi connectivity index (χ2n) is 6.35. The Bertz CT molecular complexity index is 1300. The molecule has 0 atom stereocenters. The van der Waals surface area contributed by atoms with E-state index >= 15 is 0 Å². The molecule has 0 saturated heterocycles. The minimum absolute atomic E-state index is 0.915. The second-order valence-corrected chi connectivity index (χ2v) is 7.25. The van der Waals surface area contributed by atoms with Gasteiger partial charge in [-0.3, -0.25) is 9.11 Å². The minimum atomic E-state index is -4.67. The third-order valence-electron chi connectivity index (χ3n) is 4.04. The van der Waals surface area contributed by atoms with Crippen LogP contribution in [0.15, 0.2) is 48.5 Å². The van der Waals surface area contributed by atoms with Gasteiger partial charge in [0.2, 0.25) is 0 Å². The van der Waals surface area contributed by atoms with Crippen molar-refractivity contribution in [3.8, 4) is 0 Å². The first-order chi connectivity index (χ1) is 13.8. The van der Waals surface area contributed by atoms with Crippen LogP contribution in [0.25, 0.3) is 46.4 Å². The lowest BCUT2D eigenvalue weighted by Crippen LogP contribution is -1.89. The molecule has 9 heteroatoms. The van der Waals surface area contributed by atoms with Crippen LogP contribution < -0.4 is 0 Å². The monoisotopic (exact) mass is 408 g/mol. The molecule has 146 valence electrons. The summed E-state index contributed by atoms with van der Waals surface area (Å²) >= 11 is 0. The maximum Gasteiger partial charge on any atom is 0.394 e. The Morgan fingerprint density at radius 3 is 1.28 bits per heavy atom.